The van der Waals surface area contributed by atoms with Crippen molar-refractivity contribution in [3.63, 3.8) is 0 Å². The molecule has 0 bridgehead atoms. The third-order valence-corrected chi connectivity index (χ3v) is 13.0. The van der Waals surface area contributed by atoms with Crippen LogP contribution in [0.15, 0.2) is 48.5 Å². The van der Waals surface area contributed by atoms with E-state index in [1.165, 1.54) is 36.9 Å². The van der Waals surface area contributed by atoms with Gasteiger partial charge in [0, 0.05) is 40.2 Å². The molecule has 1 aliphatic rings. The number of sulfone groups is 1. The van der Waals surface area contributed by atoms with Crippen molar-refractivity contribution >= 4 is 59.6 Å². The summed E-state index contributed by atoms with van der Waals surface area (Å²) in [5.74, 6) is 6.44. The Bertz CT molecular complexity index is 2700. The van der Waals surface area contributed by atoms with E-state index in [1.54, 1.807) is 19.2 Å². The molecule has 3 aromatic heterocycles. The van der Waals surface area contributed by atoms with Gasteiger partial charge in [-0.3, -0.25) is 18.9 Å². The molecular formula is C38H36ClF6N7O4S2. The SMILES string of the molecule is C=S(C)(=O)Nc1nn(C)c2c(-c3ccc(C#CC(C)(C)S(=O)(=O)C4CC4)nc3[C@H](Cc3cc(F)cc(F)c3)NC(=O)Cn3nc(C(F)F)cc3C(F)F)ccc(Cl)c12. The van der Waals surface area contributed by atoms with Crippen LogP contribution in [0.4, 0.5) is 32.2 Å². The van der Waals surface area contributed by atoms with Gasteiger partial charge in [0.2, 0.25) is 5.91 Å². The van der Waals surface area contributed by atoms with Gasteiger partial charge in [0.05, 0.1) is 32.9 Å². The van der Waals surface area contributed by atoms with E-state index in [-0.39, 0.29) is 39.8 Å². The predicted octanol–water partition coefficient (Wildman–Crippen LogP) is 7.12. The van der Waals surface area contributed by atoms with Crippen LogP contribution in [-0.4, -0.2) is 65.2 Å². The molecule has 1 unspecified atom stereocenters. The van der Waals surface area contributed by atoms with Gasteiger partial charge in [0.1, 0.15) is 40.0 Å². The molecule has 1 amide bonds. The highest BCUT2D eigenvalue weighted by Gasteiger charge is 2.45. The Balaban J connectivity index is 1.55. The van der Waals surface area contributed by atoms with Crippen LogP contribution in [-0.2, 0) is 44.4 Å². The Kier molecular flexibility index (Phi) is 11.7. The Hall–Kier alpha value is -5.06. The first-order valence-electron chi connectivity index (χ1n) is 17.5. The van der Waals surface area contributed by atoms with Gasteiger partial charge in [-0.2, -0.15) is 10.2 Å². The molecule has 2 N–H and O–H groups in total. The number of hydrogen-bond donors (Lipinski definition) is 2. The van der Waals surface area contributed by atoms with Gasteiger partial charge in [-0.25, -0.2) is 44.0 Å². The number of anilines is 1. The molecule has 3 heterocycles. The Labute approximate surface area is 335 Å². The number of nitrogens with zero attached hydrogens (tertiary/aromatic N) is 5. The van der Waals surface area contributed by atoms with Crippen molar-refractivity contribution in [3.8, 4) is 23.0 Å². The standard InChI is InChI=1S/C38H36ClF6N7O4S2/c1-38(2,58(55,56)24-7-8-24)13-12-23-6-9-25(26-10-11-27(39)32-34(26)51(3)49-37(32)50-57(4,5)54)33(46-23)28(16-20-14-21(40)17-22(41)15-20)47-31(53)19-52-30(36(44)45)18-29(48-52)35(42)43/h6,9-11,14-15,17-18,24,28,35-36H,4,7-8,16,19H2,1-3,5H3,(H,47,53)(H,49,50,54)/t28-,57?/m0/s1. The number of amides is 1. The summed E-state index contributed by atoms with van der Waals surface area (Å²) in [6.07, 6.45) is -4.47. The fourth-order valence-electron chi connectivity index (χ4n) is 6.41. The molecule has 11 nitrogen and oxygen atoms in total. The van der Waals surface area contributed by atoms with E-state index in [0.29, 0.717) is 46.1 Å². The largest absolute Gasteiger partial charge is 0.346 e. The van der Waals surface area contributed by atoms with Crippen molar-refractivity contribution in [3.05, 3.63) is 93.5 Å². The molecule has 1 aliphatic carbocycles. The van der Waals surface area contributed by atoms with Crippen molar-refractivity contribution in [2.75, 3.05) is 11.0 Å². The van der Waals surface area contributed by atoms with Gasteiger partial charge >= 0.3 is 0 Å². The number of rotatable bonds is 13. The first-order valence-corrected chi connectivity index (χ1v) is 21.5. The molecular weight excluding hydrogens is 832 g/mol. The van der Waals surface area contributed by atoms with Crippen LogP contribution in [0.5, 0.6) is 0 Å². The van der Waals surface area contributed by atoms with Gasteiger partial charge in [0.15, 0.2) is 15.7 Å². The molecule has 0 aliphatic heterocycles. The second-order valence-corrected chi connectivity index (χ2v) is 19.8. The summed E-state index contributed by atoms with van der Waals surface area (Å²) in [5.41, 5.74) is -0.848. The van der Waals surface area contributed by atoms with E-state index in [9.17, 15) is 43.8 Å². The van der Waals surface area contributed by atoms with E-state index >= 15 is 0 Å². The zero-order chi connectivity index (χ0) is 42.5. The second-order valence-electron chi connectivity index (χ2n) is 14.4. The van der Waals surface area contributed by atoms with Crippen LogP contribution in [0.2, 0.25) is 5.02 Å². The monoisotopic (exact) mass is 867 g/mol. The summed E-state index contributed by atoms with van der Waals surface area (Å²) in [6.45, 7) is 1.96. The number of hydrogen-bond acceptors (Lipinski definition) is 7. The van der Waals surface area contributed by atoms with E-state index in [0.717, 1.165) is 12.1 Å². The first kappa shape index (κ1) is 42.5. The molecule has 0 spiro atoms. The Morgan fingerprint density at radius 1 is 1.00 bits per heavy atom. The molecule has 308 valence electrons. The van der Waals surface area contributed by atoms with Gasteiger partial charge in [-0.1, -0.05) is 23.6 Å². The summed E-state index contributed by atoms with van der Waals surface area (Å²) in [5, 5.41) is 10.6. The van der Waals surface area contributed by atoms with Crippen molar-refractivity contribution < 1.29 is 43.8 Å². The van der Waals surface area contributed by atoms with E-state index in [1.807, 2.05) is 0 Å². The Morgan fingerprint density at radius 3 is 2.26 bits per heavy atom. The highest BCUT2D eigenvalue weighted by Crippen LogP contribution is 2.40. The second kappa shape index (κ2) is 15.9. The van der Waals surface area contributed by atoms with Crippen LogP contribution in [0.1, 0.15) is 73.9 Å². The van der Waals surface area contributed by atoms with Crippen LogP contribution in [0.3, 0.4) is 0 Å². The molecule has 2 aromatic carbocycles. The quantitative estimate of drug-likeness (QED) is 0.0730. The Morgan fingerprint density at radius 2 is 1.66 bits per heavy atom. The summed E-state index contributed by atoms with van der Waals surface area (Å²) in [6, 6.07) is 7.96. The molecule has 1 saturated carbocycles. The number of carbonyl (C=O) groups is 1. The smallest absolute Gasteiger partial charge is 0.282 e. The lowest BCUT2D eigenvalue weighted by molar-refractivity contribution is -0.122. The number of aryl methyl sites for hydroxylation is 1. The van der Waals surface area contributed by atoms with Crippen LogP contribution in [0.25, 0.3) is 22.0 Å². The number of fused-ring (bicyclic) bond motifs is 1. The number of benzene rings is 2. The lowest BCUT2D eigenvalue weighted by Gasteiger charge is -2.23. The number of carbonyl (C=O) groups excluding carboxylic acids is 1. The van der Waals surface area contributed by atoms with Crippen LogP contribution >= 0.6 is 11.6 Å². The maximum Gasteiger partial charge on any atom is 0.282 e. The third kappa shape index (κ3) is 9.13. The normalized spacial score (nSPS) is 15.0. The van der Waals surface area contributed by atoms with Gasteiger partial charge in [0.25, 0.3) is 12.9 Å². The minimum Gasteiger partial charge on any atom is -0.346 e. The van der Waals surface area contributed by atoms with Crippen molar-refractivity contribution in [2.45, 2.75) is 68.5 Å². The van der Waals surface area contributed by atoms with E-state index < -0.39 is 83.9 Å². The summed E-state index contributed by atoms with van der Waals surface area (Å²) in [4.78, 5) is 18.5. The number of alkyl halides is 4. The first-order chi connectivity index (χ1) is 27.0. The molecule has 6 rings (SSSR count). The zero-order valence-electron chi connectivity index (χ0n) is 31.3. The van der Waals surface area contributed by atoms with Gasteiger partial charge in [-0.15, -0.1) is 0 Å². The molecule has 5 aromatic rings. The number of aromatic nitrogens is 5. The summed E-state index contributed by atoms with van der Waals surface area (Å²) >= 11 is 6.65. The van der Waals surface area contributed by atoms with Crippen molar-refractivity contribution in [1.29, 1.82) is 0 Å². The van der Waals surface area contributed by atoms with Crippen LogP contribution in [0, 0.1) is 23.5 Å². The number of nitrogens with one attached hydrogen (secondary N) is 2. The minimum atomic E-state index is -3.66. The highest BCUT2D eigenvalue weighted by molar-refractivity contribution is 8.00. The molecule has 0 radical (unpaired) electrons. The maximum absolute atomic E-state index is 14.6. The lowest BCUT2D eigenvalue weighted by atomic mass is 9.93. The predicted molar refractivity (Wildman–Crippen MR) is 210 cm³/mol. The molecule has 2 atom stereocenters. The van der Waals surface area contributed by atoms with Gasteiger partial charge < -0.3 is 5.32 Å². The lowest BCUT2D eigenvalue weighted by Crippen LogP contribution is -2.34. The van der Waals surface area contributed by atoms with Crippen molar-refractivity contribution in [1.82, 2.24) is 29.9 Å². The average Bonchev–Trinajstić information content (AvgIpc) is 3.81. The number of halogens is 7. The van der Waals surface area contributed by atoms with Crippen LogP contribution < -0.4 is 10.0 Å². The molecule has 1 fully saturated rings. The van der Waals surface area contributed by atoms with E-state index in [2.05, 4.69) is 37.9 Å². The topological polar surface area (TPSA) is 141 Å². The summed E-state index contributed by atoms with van der Waals surface area (Å²) in [7, 11) is -4.94. The fourth-order valence-corrected chi connectivity index (χ4v) is 8.98. The highest BCUT2D eigenvalue weighted by atomic mass is 35.5. The minimum absolute atomic E-state index is 0.00581. The number of pyridine rings is 1. The average molecular weight is 868 g/mol. The van der Waals surface area contributed by atoms with Gasteiger partial charge in [-0.05, 0) is 86.9 Å². The molecule has 0 saturated heterocycles. The fraction of sp³-hybridized carbons (Fsp3) is 0.342. The summed E-state index contributed by atoms with van der Waals surface area (Å²) < 4.78 is 126. The van der Waals surface area contributed by atoms with Crippen molar-refractivity contribution in [2.24, 2.45) is 7.05 Å². The third-order valence-electron chi connectivity index (χ3n) is 9.23. The maximum atomic E-state index is 14.6. The van der Waals surface area contributed by atoms with E-state index in [4.69, 9.17) is 16.6 Å². The molecule has 20 heteroatoms. The zero-order valence-corrected chi connectivity index (χ0v) is 33.7. The molecule has 58 heavy (non-hydrogen) atoms.